The van der Waals surface area contributed by atoms with Crippen LogP contribution >= 0.6 is 0 Å². The highest BCUT2D eigenvalue weighted by molar-refractivity contribution is 5.89. The van der Waals surface area contributed by atoms with Crippen molar-refractivity contribution in [2.45, 2.75) is 76.0 Å². The molecule has 3 aliphatic heterocycles. The van der Waals surface area contributed by atoms with Crippen molar-refractivity contribution >= 4 is 23.0 Å². The Labute approximate surface area is 310 Å². The molecular formula is C42H52N4O7. The number of carbonyl (C=O) groups is 2. The summed E-state index contributed by atoms with van der Waals surface area (Å²) in [5.41, 5.74) is 2.82. The Bertz CT molecular complexity index is 1860. The molecule has 3 fully saturated rings. The summed E-state index contributed by atoms with van der Waals surface area (Å²) >= 11 is 0. The number of unbranched alkanes of at least 4 members (excludes halogenated alkanes) is 6. The van der Waals surface area contributed by atoms with Crippen LogP contribution in [0.4, 0.5) is 4.79 Å². The van der Waals surface area contributed by atoms with Crippen LogP contribution in [0.2, 0.25) is 0 Å². The van der Waals surface area contributed by atoms with Crippen LogP contribution in [-0.2, 0) is 9.47 Å². The van der Waals surface area contributed by atoms with Crippen molar-refractivity contribution in [3.8, 4) is 5.75 Å². The number of benzene rings is 3. The zero-order chi connectivity index (χ0) is 37.0. The van der Waals surface area contributed by atoms with Crippen molar-refractivity contribution in [2.75, 3.05) is 39.3 Å². The molecular weight excluding hydrogens is 672 g/mol. The molecule has 3 saturated heterocycles. The number of aliphatic hydroxyl groups is 1. The van der Waals surface area contributed by atoms with Crippen LogP contribution in [-0.4, -0.2) is 77.6 Å². The predicted octanol–water partition coefficient (Wildman–Crippen LogP) is 6.35. The van der Waals surface area contributed by atoms with E-state index >= 15 is 0 Å². The normalized spacial score (nSPS) is 19.1. The first-order chi connectivity index (χ1) is 25.9. The second-order valence-corrected chi connectivity index (χ2v) is 14.3. The molecule has 1 aromatic heterocycles. The van der Waals surface area contributed by atoms with Gasteiger partial charge in [0.2, 0.25) is 5.56 Å². The number of piperidine rings is 3. The number of rotatable bonds is 18. The molecule has 3 aromatic carbocycles. The third kappa shape index (κ3) is 10.5. The van der Waals surface area contributed by atoms with Crippen LogP contribution in [0.25, 0.3) is 10.9 Å². The molecule has 1 amide bonds. The molecule has 3 aliphatic rings. The third-order valence-electron chi connectivity index (χ3n) is 10.5. The minimum Gasteiger partial charge on any atom is -0.506 e. The van der Waals surface area contributed by atoms with Crippen molar-refractivity contribution in [2.24, 2.45) is 5.92 Å². The largest absolute Gasteiger partial charge is 0.506 e. The van der Waals surface area contributed by atoms with Gasteiger partial charge in [0.15, 0.2) is 0 Å². The maximum Gasteiger partial charge on any atom is 0.408 e. The molecule has 0 radical (unpaired) electrons. The average molecular weight is 725 g/mol. The van der Waals surface area contributed by atoms with E-state index < -0.39 is 18.2 Å². The number of pyridine rings is 1. The van der Waals surface area contributed by atoms with Gasteiger partial charge >= 0.3 is 12.1 Å². The first-order valence-electron chi connectivity index (χ1n) is 19.1. The molecule has 0 aliphatic carbocycles. The van der Waals surface area contributed by atoms with Crippen molar-refractivity contribution < 1.29 is 29.3 Å². The standard InChI is InChI=1S/C42H52N4O7/c47-35-18-16-33(34-17-19-38(49)44-40(34)35)36(48)27-43-22-9-4-2-1-3-5-10-25-52-41(50)32-15-11-14-31(26-32)39(30-12-7-6-8-13-30)45-42(51)53-37-28-46-23-20-29(37)21-24-46/h6-8,11-19,26,29,36-37,39,43,47-48H,1-5,9-10,20-25,27-28H2,(H,44,49)(H,45,51)/t36-,37+,39?/m0/s1. The highest BCUT2D eigenvalue weighted by Gasteiger charge is 2.37. The minimum atomic E-state index is -0.763. The van der Waals surface area contributed by atoms with Gasteiger partial charge in [-0.3, -0.25) is 9.69 Å². The number of aromatic hydroxyl groups is 1. The Kier molecular flexibility index (Phi) is 13.5. The summed E-state index contributed by atoms with van der Waals surface area (Å²) in [6.45, 7) is 4.45. The van der Waals surface area contributed by atoms with Gasteiger partial charge in [-0.1, -0.05) is 80.6 Å². The van der Waals surface area contributed by atoms with E-state index in [4.69, 9.17) is 9.47 Å². The van der Waals surface area contributed by atoms with Crippen LogP contribution in [0.1, 0.15) is 97.0 Å². The van der Waals surface area contributed by atoms with Gasteiger partial charge in [-0.15, -0.1) is 0 Å². The van der Waals surface area contributed by atoms with Gasteiger partial charge in [0.05, 0.1) is 29.8 Å². The van der Waals surface area contributed by atoms with E-state index in [-0.39, 0.29) is 23.4 Å². The minimum absolute atomic E-state index is 0.0222. The van der Waals surface area contributed by atoms with Crippen molar-refractivity contribution in [1.29, 1.82) is 0 Å². The molecule has 2 bridgehead atoms. The van der Waals surface area contributed by atoms with E-state index in [2.05, 4.69) is 20.5 Å². The highest BCUT2D eigenvalue weighted by atomic mass is 16.6. The number of aromatic nitrogens is 1. The maximum atomic E-state index is 13.1. The molecule has 7 rings (SSSR count). The predicted molar refractivity (Wildman–Crippen MR) is 204 cm³/mol. The molecule has 11 nitrogen and oxygen atoms in total. The molecule has 1 unspecified atom stereocenters. The molecule has 4 heterocycles. The van der Waals surface area contributed by atoms with E-state index in [0.717, 1.165) is 95.1 Å². The fraction of sp³-hybridized carbons (Fsp3) is 0.452. The number of hydrogen-bond donors (Lipinski definition) is 5. The summed E-state index contributed by atoms with van der Waals surface area (Å²) in [5, 5.41) is 27.8. The Morgan fingerprint density at radius 2 is 1.60 bits per heavy atom. The second kappa shape index (κ2) is 18.9. The number of phenols is 1. The van der Waals surface area contributed by atoms with Crippen LogP contribution in [0.15, 0.2) is 83.7 Å². The quantitative estimate of drug-likeness (QED) is 0.0584. The van der Waals surface area contributed by atoms with E-state index in [1.165, 1.54) is 12.1 Å². The molecule has 5 N–H and O–H groups in total. The lowest BCUT2D eigenvalue weighted by Gasteiger charge is -2.43. The summed E-state index contributed by atoms with van der Waals surface area (Å²) in [6, 6.07) is 22.7. The summed E-state index contributed by atoms with van der Waals surface area (Å²) in [5.74, 6) is 0.0167. The van der Waals surface area contributed by atoms with Crippen LogP contribution in [0, 0.1) is 5.92 Å². The Hall–Kier alpha value is -4.71. The van der Waals surface area contributed by atoms with Gasteiger partial charge in [-0.25, -0.2) is 9.59 Å². The fourth-order valence-electron chi connectivity index (χ4n) is 7.57. The topological polar surface area (TPSA) is 153 Å². The zero-order valence-electron chi connectivity index (χ0n) is 30.3. The second-order valence-electron chi connectivity index (χ2n) is 14.3. The molecule has 53 heavy (non-hydrogen) atoms. The number of hydrogen-bond acceptors (Lipinski definition) is 9. The van der Waals surface area contributed by atoms with Gasteiger partial charge in [0, 0.05) is 24.5 Å². The van der Waals surface area contributed by atoms with E-state index in [1.807, 2.05) is 42.5 Å². The fourth-order valence-corrected chi connectivity index (χ4v) is 7.57. The van der Waals surface area contributed by atoms with Crippen molar-refractivity contribution in [3.63, 3.8) is 0 Å². The molecule has 11 heteroatoms. The zero-order valence-corrected chi connectivity index (χ0v) is 30.3. The molecule has 0 spiro atoms. The number of amides is 1. The van der Waals surface area contributed by atoms with Gasteiger partial charge in [-0.2, -0.15) is 0 Å². The monoisotopic (exact) mass is 724 g/mol. The summed E-state index contributed by atoms with van der Waals surface area (Å²) in [6.07, 6.45) is 7.94. The number of alkyl carbamates (subject to hydrolysis) is 1. The average Bonchev–Trinajstić information content (AvgIpc) is 3.18. The maximum absolute atomic E-state index is 13.1. The van der Waals surface area contributed by atoms with Crippen LogP contribution in [0.3, 0.4) is 0 Å². The number of phenolic OH excluding ortho intramolecular Hbond substituents is 1. The summed E-state index contributed by atoms with van der Waals surface area (Å²) in [7, 11) is 0. The Morgan fingerprint density at radius 1 is 0.868 bits per heavy atom. The van der Waals surface area contributed by atoms with Crippen molar-refractivity contribution in [3.05, 3.63) is 111 Å². The lowest BCUT2D eigenvalue weighted by molar-refractivity contribution is -0.0336. The number of ether oxygens (including phenoxy) is 2. The van der Waals surface area contributed by atoms with Crippen LogP contribution < -0.4 is 16.2 Å². The third-order valence-corrected chi connectivity index (χ3v) is 10.5. The summed E-state index contributed by atoms with van der Waals surface area (Å²) < 4.78 is 11.6. The number of esters is 1. The first kappa shape index (κ1) is 38.0. The number of aromatic amines is 1. The van der Waals surface area contributed by atoms with E-state index in [0.29, 0.717) is 41.1 Å². The number of fused-ring (bicyclic) bond motifs is 4. The van der Waals surface area contributed by atoms with Crippen LogP contribution in [0.5, 0.6) is 5.75 Å². The smallest absolute Gasteiger partial charge is 0.408 e. The SMILES string of the molecule is O=C(NC(c1ccccc1)c1cccc(C(=O)OCCCCCCCCCNC[C@H](O)c2ccc(O)c3[nH]c(=O)ccc23)c1)O[C@@H]1CN2CCC1CC2. The highest BCUT2D eigenvalue weighted by Crippen LogP contribution is 2.31. The van der Waals surface area contributed by atoms with Gasteiger partial charge < -0.3 is 35.3 Å². The number of H-pyrrole nitrogens is 1. The Balaban J connectivity index is 0.863. The molecule has 3 atom stereocenters. The number of nitrogens with one attached hydrogen (secondary N) is 3. The van der Waals surface area contributed by atoms with Gasteiger partial charge in [0.1, 0.15) is 11.9 Å². The number of nitrogens with zero attached hydrogens (tertiary/aromatic N) is 1. The lowest BCUT2D eigenvalue weighted by Crippen LogP contribution is -2.52. The van der Waals surface area contributed by atoms with Gasteiger partial charge in [-0.05, 0) is 92.2 Å². The van der Waals surface area contributed by atoms with Gasteiger partial charge in [0.25, 0.3) is 0 Å². The number of aliphatic hydroxyl groups excluding tert-OH is 1. The van der Waals surface area contributed by atoms with Crippen molar-refractivity contribution in [1.82, 2.24) is 20.5 Å². The lowest BCUT2D eigenvalue weighted by atomic mass is 9.86. The first-order valence-corrected chi connectivity index (χ1v) is 19.1. The molecule has 4 aromatic rings. The summed E-state index contributed by atoms with van der Waals surface area (Å²) in [4.78, 5) is 42.8. The van der Waals surface area contributed by atoms with E-state index in [9.17, 15) is 24.6 Å². The van der Waals surface area contributed by atoms with E-state index in [1.54, 1.807) is 24.3 Å². The molecule has 282 valence electrons. The molecule has 0 saturated carbocycles. The Morgan fingerprint density at radius 3 is 2.36 bits per heavy atom. The number of carbonyl (C=O) groups excluding carboxylic acids is 2.